The standard InChI is InChI=1S/C60H117NO20S3/c1-5-7-9-11-13-15-17-19-21-23-25-27-29-31-33-35-37-39-41-43-45-75-49-59(4,50-76-46-44-42-40-38-36-34-32-30-28-26-24-22-20-18-16-14-12-10-8-6-2)51-77-60(58(64)65)47-53(80-83(69,70)71)55(61-52(3)62)57(79-60)56(63)54(81-84(72,73)74)48-78-82(66,67)68/h53-57,63H,5-51H2,1-4H3,(H,61,62)(H,64,65)(H,66,67,68)(H,69,70,71)(H,72,73,74)/t53-,54+,55+,56+,57+,60+/m0/s1. The minimum atomic E-state index is -5.59. The number of unbranched alkanes of at least 4 members (excludes halogenated alkanes) is 38. The first kappa shape index (κ1) is 80.4. The lowest BCUT2D eigenvalue weighted by Gasteiger charge is -2.48. The molecule has 0 aromatic heterocycles. The molecule has 24 heteroatoms. The molecule has 0 aromatic rings. The van der Waals surface area contributed by atoms with Crippen LogP contribution in [0.2, 0.25) is 0 Å². The van der Waals surface area contributed by atoms with Gasteiger partial charge in [0, 0.05) is 32.0 Å². The molecule has 0 spiro atoms. The number of aliphatic hydroxyl groups is 1. The molecule has 1 rings (SSSR count). The maximum atomic E-state index is 13.3. The van der Waals surface area contributed by atoms with E-state index in [2.05, 4.69) is 27.5 Å². The Kier molecular flexibility index (Phi) is 46.1. The minimum absolute atomic E-state index is 0.0101. The quantitative estimate of drug-likeness (QED) is 0.0243. The number of carboxylic acid groups (broad SMARTS) is 1. The fourth-order valence-corrected chi connectivity index (χ4v) is 12.1. The summed E-state index contributed by atoms with van der Waals surface area (Å²) in [6.45, 7) is 5.76. The summed E-state index contributed by atoms with van der Waals surface area (Å²) in [5.74, 6) is -5.93. The van der Waals surface area contributed by atoms with Crippen LogP contribution >= 0.6 is 0 Å². The third-order valence-electron chi connectivity index (χ3n) is 15.7. The summed E-state index contributed by atoms with van der Waals surface area (Å²) in [6.07, 6.45) is 39.0. The zero-order valence-corrected chi connectivity index (χ0v) is 54.7. The van der Waals surface area contributed by atoms with Crippen molar-refractivity contribution in [1.29, 1.82) is 0 Å². The molecule has 21 nitrogen and oxygen atoms in total. The van der Waals surface area contributed by atoms with E-state index < -0.39 is 104 Å². The molecule has 0 saturated carbocycles. The zero-order chi connectivity index (χ0) is 62.4. The number of ether oxygens (including phenoxy) is 4. The molecule has 1 aliphatic heterocycles. The number of aliphatic carboxylic acids is 1. The van der Waals surface area contributed by atoms with Gasteiger partial charge in [0.15, 0.2) is 0 Å². The minimum Gasteiger partial charge on any atom is -0.477 e. The van der Waals surface area contributed by atoms with Gasteiger partial charge in [-0.05, 0) is 12.8 Å². The number of amides is 1. The van der Waals surface area contributed by atoms with E-state index in [1.807, 2.05) is 0 Å². The molecule has 0 aliphatic carbocycles. The van der Waals surface area contributed by atoms with Crippen LogP contribution in [-0.2, 0) is 72.3 Å². The zero-order valence-electron chi connectivity index (χ0n) is 52.2. The first-order chi connectivity index (χ1) is 40.0. The van der Waals surface area contributed by atoms with Gasteiger partial charge in [-0.25, -0.2) is 17.3 Å². The highest BCUT2D eigenvalue weighted by molar-refractivity contribution is 7.81. The fourth-order valence-electron chi connectivity index (χ4n) is 10.9. The average Bonchev–Trinajstić information content (AvgIpc) is 0.994. The lowest BCUT2D eigenvalue weighted by atomic mass is 9.88. The fraction of sp³-hybridized carbons (Fsp3) is 0.967. The van der Waals surface area contributed by atoms with Gasteiger partial charge in [0.2, 0.25) is 5.91 Å². The van der Waals surface area contributed by atoms with Crippen molar-refractivity contribution in [2.45, 2.75) is 327 Å². The third-order valence-corrected chi connectivity index (χ3v) is 17.1. The highest BCUT2D eigenvalue weighted by Gasteiger charge is 2.58. The molecule has 1 aliphatic rings. The molecule has 500 valence electrons. The van der Waals surface area contributed by atoms with Gasteiger partial charge in [-0.3, -0.25) is 18.5 Å². The predicted octanol–water partition coefficient (Wildman–Crippen LogP) is 13.3. The van der Waals surface area contributed by atoms with Crippen LogP contribution in [-0.4, -0.2) is 137 Å². The second kappa shape index (κ2) is 48.2. The van der Waals surface area contributed by atoms with Crippen LogP contribution < -0.4 is 5.32 Å². The number of carbonyl (C=O) groups is 2. The Hall–Kier alpha value is -1.65. The van der Waals surface area contributed by atoms with Crippen molar-refractivity contribution in [3.8, 4) is 0 Å². The van der Waals surface area contributed by atoms with Crippen molar-refractivity contribution in [2.24, 2.45) is 5.41 Å². The Bertz CT molecular complexity index is 1930. The Morgan fingerprint density at radius 3 is 1.15 bits per heavy atom. The van der Waals surface area contributed by atoms with E-state index >= 15 is 0 Å². The number of carbonyl (C=O) groups excluding carboxylic acids is 1. The van der Waals surface area contributed by atoms with Crippen molar-refractivity contribution >= 4 is 43.1 Å². The van der Waals surface area contributed by atoms with E-state index in [1.54, 1.807) is 6.92 Å². The molecule has 6 N–H and O–H groups in total. The van der Waals surface area contributed by atoms with E-state index in [0.717, 1.165) is 58.3 Å². The predicted molar refractivity (Wildman–Crippen MR) is 326 cm³/mol. The Balaban J connectivity index is 2.92. The number of rotatable bonds is 60. The Labute approximate surface area is 508 Å². The Morgan fingerprint density at radius 2 is 0.869 bits per heavy atom. The monoisotopic (exact) mass is 1270 g/mol. The third kappa shape index (κ3) is 43.9. The molecule has 1 fully saturated rings. The summed E-state index contributed by atoms with van der Waals surface area (Å²) in [5, 5.41) is 24.5. The first-order valence-electron chi connectivity index (χ1n) is 32.6. The average molecular weight is 1270 g/mol. The molecule has 1 heterocycles. The normalized spacial score (nSPS) is 18.7. The smallest absolute Gasteiger partial charge is 0.397 e. The van der Waals surface area contributed by atoms with Gasteiger partial charge in [0.05, 0.1) is 32.5 Å². The number of carboxylic acids is 1. The van der Waals surface area contributed by atoms with Crippen LogP contribution in [0.1, 0.15) is 291 Å². The Morgan fingerprint density at radius 1 is 0.536 bits per heavy atom. The molecule has 0 bridgehead atoms. The lowest BCUT2D eigenvalue weighted by molar-refractivity contribution is -0.316. The second-order valence-corrected chi connectivity index (χ2v) is 27.2. The summed E-state index contributed by atoms with van der Waals surface area (Å²) < 4.78 is 137. The van der Waals surface area contributed by atoms with Crippen LogP contribution in [0.4, 0.5) is 0 Å². The van der Waals surface area contributed by atoms with Gasteiger partial charge in [-0.15, -0.1) is 0 Å². The number of hydrogen-bond acceptors (Lipinski definition) is 16. The van der Waals surface area contributed by atoms with Gasteiger partial charge >= 0.3 is 37.2 Å². The number of aliphatic hydroxyl groups excluding tert-OH is 1. The largest absolute Gasteiger partial charge is 0.477 e. The van der Waals surface area contributed by atoms with Crippen LogP contribution in [0.25, 0.3) is 0 Å². The highest BCUT2D eigenvalue weighted by atomic mass is 32.3. The van der Waals surface area contributed by atoms with E-state index in [-0.39, 0.29) is 13.2 Å². The SMILES string of the molecule is CCCCCCCCCCCCCCCCCCCCCCOCC(C)(COCCCCCCCCCCCCCCCCCCCCCC)CO[C@]1(C(=O)O)C[C@H](OS(=O)(=O)O)[C@@H](NC(C)=O)[C@H]([C@H](O)[C@@H](COS(=O)(=O)O)OS(=O)(=O)O)O1. The molecule has 6 atom stereocenters. The van der Waals surface area contributed by atoms with Gasteiger partial charge in [-0.1, -0.05) is 265 Å². The van der Waals surface area contributed by atoms with Gasteiger partial charge in [0.25, 0.3) is 5.79 Å². The molecule has 0 radical (unpaired) electrons. The maximum Gasteiger partial charge on any atom is 0.397 e. The van der Waals surface area contributed by atoms with E-state index in [9.17, 15) is 58.7 Å². The van der Waals surface area contributed by atoms with Crippen LogP contribution in [0, 0.1) is 5.41 Å². The molecular formula is C60H117NO20S3. The van der Waals surface area contributed by atoms with Crippen molar-refractivity contribution < 1.29 is 90.2 Å². The van der Waals surface area contributed by atoms with Crippen LogP contribution in [0.15, 0.2) is 0 Å². The molecule has 1 saturated heterocycles. The summed E-state index contributed by atoms with van der Waals surface area (Å²) >= 11 is 0. The summed E-state index contributed by atoms with van der Waals surface area (Å²) in [6, 6.07) is -1.99. The van der Waals surface area contributed by atoms with Gasteiger partial charge in [0.1, 0.15) is 24.4 Å². The molecular weight excluding hydrogens is 1150 g/mol. The van der Waals surface area contributed by atoms with Crippen molar-refractivity contribution in [2.75, 3.05) is 39.6 Å². The topological polar surface area (TPSA) is 314 Å². The maximum absolute atomic E-state index is 13.3. The van der Waals surface area contributed by atoms with Gasteiger partial charge < -0.3 is 34.5 Å². The van der Waals surface area contributed by atoms with E-state index in [4.69, 9.17) is 23.1 Å². The van der Waals surface area contributed by atoms with Crippen LogP contribution in [0.3, 0.4) is 0 Å². The summed E-state index contributed by atoms with van der Waals surface area (Å²) in [5.41, 5.74) is -1.12. The lowest BCUT2D eigenvalue weighted by Crippen LogP contribution is -2.69. The van der Waals surface area contributed by atoms with Crippen molar-refractivity contribution in [3.63, 3.8) is 0 Å². The summed E-state index contributed by atoms with van der Waals surface area (Å²) in [7, 11) is -16.5. The molecule has 84 heavy (non-hydrogen) atoms. The molecule has 0 aromatic carbocycles. The van der Waals surface area contributed by atoms with E-state index in [0.29, 0.717) is 13.2 Å². The van der Waals surface area contributed by atoms with Crippen LogP contribution in [0.5, 0.6) is 0 Å². The first-order valence-corrected chi connectivity index (χ1v) is 36.6. The van der Waals surface area contributed by atoms with Crippen molar-refractivity contribution in [3.05, 3.63) is 0 Å². The highest BCUT2D eigenvalue weighted by Crippen LogP contribution is 2.38. The van der Waals surface area contributed by atoms with Gasteiger partial charge in [-0.2, -0.15) is 25.3 Å². The second-order valence-electron chi connectivity index (χ2n) is 24.0. The number of hydrogen-bond donors (Lipinski definition) is 6. The number of nitrogens with one attached hydrogen (secondary N) is 1. The van der Waals surface area contributed by atoms with E-state index in [1.165, 1.54) is 205 Å². The summed E-state index contributed by atoms with van der Waals surface area (Å²) in [4.78, 5) is 25.8. The molecule has 0 unspecified atom stereocenters. The molecule has 1 amide bonds. The van der Waals surface area contributed by atoms with Crippen molar-refractivity contribution in [1.82, 2.24) is 5.32 Å².